The number of amides is 3. The quantitative estimate of drug-likeness (QED) is 0.367. The lowest BCUT2D eigenvalue weighted by molar-refractivity contribution is -0.141. The Labute approximate surface area is 212 Å². The first-order valence-electron chi connectivity index (χ1n) is 12.2. The Balaban J connectivity index is 1.32. The molecule has 4 heterocycles. The van der Waals surface area contributed by atoms with E-state index >= 15 is 0 Å². The molecule has 2 aromatic heterocycles. The molecule has 1 fully saturated rings. The highest BCUT2D eigenvalue weighted by molar-refractivity contribution is 6.00. The Kier molecular flexibility index (Phi) is 5.78. The predicted octanol–water partition coefficient (Wildman–Crippen LogP) is 2.79. The number of pyridine rings is 1. The molecule has 2 aliphatic heterocycles. The van der Waals surface area contributed by atoms with Gasteiger partial charge in [-0.1, -0.05) is 48.5 Å². The van der Waals surface area contributed by atoms with Crippen LogP contribution in [0.5, 0.6) is 0 Å². The zero-order valence-electron chi connectivity index (χ0n) is 19.9. The van der Waals surface area contributed by atoms with Crippen molar-refractivity contribution < 1.29 is 19.5 Å². The van der Waals surface area contributed by atoms with Gasteiger partial charge in [-0.05, 0) is 41.3 Å². The smallest absolute Gasteiger partial charge is 0.244 e. The van der Waals surface area contributed by atoms with E-state index in [4.69, 9.17) is 4.98 Å². The average Bonchev–Trinajstić information content (AvgIpc) is 3.42. The number of aromatic nitrogens is 2. The highest BCUT2D eigenvalue weighted by Crippen LogP contribution is 2.38. The number of hydrogen-bond donors (Lipinski definition) is 3. The van der Waals surface area contributed by atoms with Gasteiger partial charge in [0.1, 0.15) is 23.4 Å². The monoisotopic (exact) mass is 495 g/mol. The summed E-state index contributed by atoms with van der Waals surface area (Å²) in [6.45, 7) is 0.361. The van der Waals surface area contributed by atoms with E-state index in [0.29, 0.717) is 35.7 Å². The molecular weight excluding hydrogens is 470 g/mol. The SMILES string of the molecule is O=C1CCC(N2Cc3cc(-c4nc5ccccn5c4NC(=O)Cc4ccccc4)ccc3C2O)C(=O)N1. The van der Waals surface area contributed by atoms with E-state index < -0.39 is 12.3 Å². The van der Waals surface area contributed by atoms with E-state index in [1.54, 1.807) is 4.90 Å². The number of aliphatic hydroxyl groups is 1. The third kappa shape index (κ3) is 4.28. The second kappa shape index (κ2) is 9.27. The van der Waals surface area contributed by atoms with Crippen molar-refractivity contribution in [2.75, 3.05) is 5.32 Å². The Morgan fingerprint density at radius 3 is 2.70 bits per heavy atom. The molecule has 2 atom stereocenters. The Hall–Kier alpha value is -4.34. The summed E-state index contributed by atoms with van der Waals surface area (Å²) in [5.41, 5.74) is 4.59. The van der Waals surface area contributed by atoms with Crippen LogP contribution in [0.3, 0.4) is 0 Å². The van der Waals surface area contributed by atoms with Crippen LogP contribution in [0.2, 0.25) is 0 Å². The fourth-order valence-corrected chi connectivity index (χ4v) is 5.16. The number of carbonyl (C=O) groups is 3. The van der Waals surface area contributed by atoms with Gasteiger partial charge in [0.05, 0.1) is 12.5 Å². The van der Waals surface area contributed by atoms with Crippen molar-refractivity contribution in [1.29, 1.82) is 0 Å². The molecule has 2 aromatic carbocycles. The van der Waals surface area contributed by atoms with Crippen molar-refractivity contribution in [2.45, 2.75) is 38.1 Å². The molecule has 6 rings (SSSR count). The van der Waals surface area contributed by atoms with Crippen LogP contribution in [0.4, 0.5) is 5.82 Å². The third-order valence-corrected chi connectivity index (χ3v) is 6.97. The Morgan fingerprint density at radius 2 is 1.89 bits per heavy atom. The maximum Gasteiger partial charge on any atom is 0.244 e. The molecule has 2 unspecified atom stereocenters. The number of imidazole rings is 1. The molecule has 0 spiro atoms. The molecule has 0 bridgehead atoms. The van der Waals surface area contributed by atoms with Gasteiger partial charge >= 0.3 is 0 Å². The number of hydrogen-bond acceptors (Lipinski definition) is 6. The van der Waals surface area contributed by atoms with Crippen LogP contribution in [0.1, 0.15) is 35.8 Å². The van der Waals surface area contributed by atoms with Crippen molar-refractivity contribution in [3.8, 4) is 11.3 Å². The van der Waals surface area contributed by atoms with Crippen LogP contribution < -0.4 is 10.6 Å². The molecule has 3 amide bonds. The summed E-state index contributed by atoms with van der Waals surface area (Å²) in [6.07, 6.45) is 1.75. The number of anilines is 1. The summed E-state index contributed by atoms with van der Waals surface area (Å²) in [4.78, 5) is 43.4. The van der Waals surface area contributed by atoms with E-state index in [0.717, 1.165) is 16.7 Å². The molecular formula is C28H25N5O4. The fraction of sp³-hybridized carbons (Fsp3) is 0.214. The highest BCUT2D eigenvalue weighted by atomic mass is 16.3. The second-order valence-electron chi connectivity index (χ2n) is 9.37. The van der Waals surface area contributed by atoms with Crippen LogP contribution in [-0.2, 0) is 27.3 Å². The molecule has 9 nitrogen and oxygen atoms in total. The number of fused-ring (bicyclic) bond motifs is 2. The first-order chi connectivity index (χ1) is 18.0. The molecule has 3 N–H and O–H groups in total. The minimum absolute atomic E-state index is 0.154. The van der Waals surface area contributed by atoms with Crippen molar-refractivity contribution in [2.24, 2.45) is 0 Å². The van der Waals surface area contributed by atoms with E-state index in [2.05, 4.69) is 10.6 Å². The first kappa shape index (κ1) is 23.1. The number of aliphatic hydroxyl groups excluding tert-OH is 1. The standard InChI is InChI=1S/C28H25N5O4/c34-23-12-11-21(27(36)31-23)33-16-19-15-18(9-10-20(19)28(33)37)25-26(32-13-5-4-8-22(32)29-25)30-24(35)14-17-6-2-1-3-7-17/h1-10,13,15,21,28,37H,11-12,14,16H2,(H,30,35)(H,31,34,36). The molecule has 186 valence electrons. The molecule has 1 saturated heterocycles. The lowest BCUT2D eigenvalue weighted by Crippen LogP contribution is -2.51. The zero-order valence-corrected chi connectivity index (χ0v) is 19.9. The normalized spacial score (nSPS) is 19.6. The van der Waals surface area contributed by atoms with Crippen molar-refractivity contribution >= 4 is 29.2 Å². The minimum atomic E-state index is -0.945. The van der Waals surface area contributed by atoms with Gasteiger partial charge in [0, 0.05) is 24.7 Å². The van der Waals surface area contributed by atoms with Gasteiger partial charge in [-0.25, -0.2) is 4.98 Å². The Bertz CT molecular complexity index is 1530. The molecule has 0 aliphatic carbocycles. The van der Waals surface area contributed by atoms with E-state index in [-0.39, 0.29) is 30.6 Å². The number of nitrogens with zero attached hydrogens (tertiary/aromatic N) is 3. The zero-order chi connectivity index (χ0) is 25.5. The number of benzene rings is 2. The van der Waals surface area contributed by atoms with Crippen molar-refractivity contribution in [3.63, 3.8) is 0 Å². The molecule has 0 radical (unpaired) electrons. The van der Waals surface area contributed by atoms with Gasteiger partial charge in [0.2, 0.25) is 17.7 Å². The van der Waals surface area contributed by atoms with Gasteiger partial charge in [-0.2, -0.15) is 0 Å². The van der Waals surface area contributed by atoms with Crippen molar-refractivity contribution in [3.05, 3.63) is 89.6 Å². The lowest BCUT2D eigenvalue weighted by atomic mass is 10.0. The Morgan fingerprint density at radius 1 is 1.08 bits per heavy atom. The number of nitrogens with one attached hydrogen (secondary N) is 2. The minimum Gasteiger partial charge on any atom is -0.374 e. The predicted molar refractivity (Wildman–Crippen MR) is 136 cm³/mol. The number of carbonyl (C=O) groups excluding carboxylic acids is 3. The topological polar surface area (TPSA) is 116 Å². The molecule has 2 aliphatic rings. The third-order valence-electron chi connectivity index (χ3n) is 6.97. The first-order valence-corrected chi connectivity index (χ1v) is 12.2. The average molecular weight is 496 g/mol. The van der Waals surface area contributed by atoms with E-state index in [1.165, 1.54) is 0 Å². The molecule has 0 saturated carbocycles. The van der Waals surface area contributed by atoms with Crippen molar-refractivity contribution in [1.82, 2.24) is 19.6 Å². The molecule has 4 aromatic rings. The van der Waals surface area contributed by atoms with Gasteiger partial charge in [-0.15, -0.1) is 0 Å². The summed E-state index contributed by atoms with van der Waals surface area (Å²) in [5, 5.41) is 16.4. The summed E-state index contributed by atoms with van der Waals surface area (Å²) in [7, 11) is 0. The van der Waals surface area contributed by atoms with E-state index in [1.807, 2.05) is 77.3 Å². The largest absolute Gasteiger partial charge is 0.374 e. The summed E-state index contributed by atoms with van der Waals surface area (Å²) < 4.78 is 1.84. The van der Waals surface area contributed by atoms with E-state index in [9.17, 15) is 19.5 Å². The maximum absolute atomic E-state index is 13.0. The number of piperidine rings is 1. The lowest BCUT2D eigenvalue weighted by Gasteiger charge is -2.31. The summed E-state index contributed by atoms with van der Waals surface area (Å²) in [6, 6.07) is 20.2. The van der Waals surface area contributed by atoms with Gasteiger partial charge in [0.25, 0.3) is 0 Å². The van der Waals surface area contributed by atoms with Gasteiger partial charge in [0.15, 0.2) is 0 Å². The van der Waals surface area contributed by atoms with Gasteiger partial charge < -0.3 is 10.4 Å². The highest BCUT2D eigenvalue weighted by Gasteiger charge is 2.39. The van der Waals surface area contributed by atoms with Crippen LogP contribution in [0, 0.1) is 0 Å². The van der Waals surface area contributed by atoms with Crippen LogP contribution >= 0.6 is 0 Å². The number of rotatable bonds is 5. The second-order valence-corrected chi connectivity index (χ2v) is 9.37. The molecule has 9 heteroatoms. The fourth-order valence-electron chi connectivity index (χ4n) is 5.16. The summed E-state index contributed by atoms with van der Waals surface area (Å²) >= 11 is 0. The maximum atomic E-state index is 13.0. The summed E-state index contributed by atoms with van der Waals surface area (Å²) in [5.74, 6) is -0.258. The van der Waals surface area contributed by atoms with Crippen LogP contribution in [-0.4, -0.2) is 43.2 Å². The molecule has 37 heavy (non-hydrogen) atoms. The number of imide groups is 1. The van der Waals surface area contributed by atoms with Gasteiger partial charge in [-0.3, -0.25) is 29.0 Å². The van der Waals surface area contributed by atoms with Crippen LogP contribution in [0.15, 0.2) is 72.9 Å². The van der Waals surface area contributed by atoms with Crippen LogP contribution in [0.25, 0.3) is 16.9 Å².